The minimum absolute atomic E-state index is 0.0905. The van der Waals surface area contributed by atoms with Crippen LogP contribution in [-0.4, -0.2) is 36.1 Å². The molecule has 0 saturated heterocycles. The lowest BCUT2D eigenvalue weighted by molar-refractivity contribution is 0.0322. The summed E-state index contributed by atoms with van der Waals surface area (Å²) in [7, 11) is 0. The van der Waals surface area contributed by atoms with Crippen molar-refractivity contribution in [2.24, 2.45) is 5.92 Å². The van der Waals surface area contributed by atoms with Crippen molar-refractivity contribution in [3.8, 4) is 0 Å². The molecule has 78 valence electrons. The van der Waals surface area contributed by atoms with Crippen LogP contribution in [0.5, 0.6) is 0 Å². The van der Waals surface area contributed by atoms with Crippen LogP contribution in [0.2, 0.25) is 0 Å². The molecule has 0 heterocycles. The molecule has 0 bridgehead atoms. The van der Waals surface area contributed by atoms with Crippen molar-refractivity contribution in [1.82, 2.24) is 0 Å². The minimum atomic E-state index is -0.119. The highest BCUT2D eigenvalue weighted by Gasteiger charge is 2.22. The zero-order valence-electron chi connectivity index (χ0n) is 8.11. The average Bonchev–Trinajstić information content (AvgIpc) is 2.15. The van der Waals surface area contributed by atoms with E-state index < -0.39 is 0 Å². The lowest BCUT2D eigenvalue weighted by atomic mass is 9.85. The topological polar surface area (TPSA) is 49.7 Å². The van der Waals surface area contributed by atoms with Crippen LogP contribution >= 0.6 is 0 Å². The summed E-state index contributed by atoms with van der Waals surface area (Å²) in [4.78, 5) is 0. The Morgan fingerprint density at radius 2 is 1.92 bits per heavy atom. The second kappa shape index (κ2) is 6.35. The molecule has 0 amide bonds. The Kier molecular flexibility index (Phi) is 5.35. The van der Waals surface area contributed by atoms with Crippen LogP contribution in [0.1, 0.15) is 32.1 Å². The summed E-state index contributed by atoms with van der Waals surface area (Å²) in [5.74, 6) is 0.424. The van der Waals surface area contributed by atoms with Gasteiger partial charge in [0.25, 0.3) is 0 Å². The first kappa shape index (κ1) is 11.0. The third-order valence-electron chi connectivity index (χ3n) is 2.74. The standard InChI is InChI=1S/C10H20O3/c11-6-8-13-7-5-9-3-1-2-4-10(9)12/h9-12H,1-8H2. The highest BCUT2D eigenvalue weighted by molar-refractivity contribution is 4.73. The maximum Gasteiger partial charge on any atom is 0.0697 e. The second-order valence-corrected chi connectivity index (χ2v) is 3.74. The van der Waals surface area contributed by atoms with E-state index in [4.69, 9.17) is 9.84 Å². The fourth-order valence-electron chi connectivity index (χ4n) is 1.93. The molecule has 3 heteroatoms. The van der Waals surface area contributed by atoms with Gasteiger partial charge >= 0.3 is 0 Å². The molecule has 0 aromatic rings. The number of aliphatic hydroxyl groups is 2. The number of ether oxygens (including phenoxy) is 1. The van der Waals surface area contributed by atoms with E-state index in [1.165, 1.54) is 6.42 Å². The summed E-state index contributed by atoms with van der Waals surface area (Å²) in [5, 5.41) is 18.1. The van der Waals surface area contributed by atoms with Crippen molar-refractivity contribution in [3.05, 3.63) is 0 Å². The second-order valence-electron chi connectivity index (χ2n) is 3.74. The van der Waals surface area contributed by atoms with E-state index in [0.29, 0.717) is 19.1 Å². The van der Waals surface area contributed by atoms with Gasteiger partial charge in [0.15, 0.2) is 0 Å². The fraction of sp³-hybridized carbons (Fsp3) is 1.00. The average molecular weight is 188 g/mol. The van der Waals surface area contributed by atoms with Crippen LogP contribution in [-0.2, 0) is 4.74 Å². The number of aliphatic hydroxyl groups excluding tert-OH is 2. The highest BCUT2D eigenvalue weighted by atomic mass is 16.5. The number of hydrogen-bond acceptors (Lipinski definition) is 3. The van der Waals surface area contributed by atoms with Gasteiger partial charge in [-0.1, -0.05) is 12.8 Å². The first-order chi connectivity index (χ1) is 6.34. The Balaban J connectivity index is 2.05. The lowest BCUT2D eigenvalue weighted by Gasteiger charge is -2.27. The molecular weight excluding hydrogens is 168 g/mol. The van der Waals surface area contributed by atoms with E-state index in [1.807, 2.05) is 0 Å². The molecule has 1 saturated carbocycles. The molecule has 2 N–H and O–H groups in total. The van der Waals surface area contributed by atoms with Gasteiger partial charge in [-0.2, -0.15) is 0 Å². The van der Waals surface area contributed by atoms with Gasteiger partial charge in [-0.05, 0) is 25.2 Å². The zero-order chi connectivity index (χ0) is 9.52. The smallest absolute Gasteiger partial charge is 0.0697 e. The van der Waals surface area contributed by atoms with Crippen LogP contribution in [0, 0.1) is 5.92 Å². The maximum atomic E-state index is 9.62. The van der Waals surface area contributed by atoms with Gasteiger partial charge in [-0.3, -0.25) is 0 Å². The van der Waals surface area contributed by atoms with E-state index in [1.54, 1.807) is 0 Å². The van der Waals surface area contributed by atoms with Gasteiger partial charge in [0, 0.05) is 6.61 Å². The van der Waals surface area contributed by atoms with Crippen molar-refractivity contribution in [3.63, 3.8) is 0 Å². The van der Waals surface area contributed by atoms with Gasteiger partial charge in [0.1, 0.15) is 0 Å². The summed E-state index contributed by atoms with van der Waals surface area (Å²) in [6, 6.07) is 0. The Hall–Kier alpha value is -0.120. The monoisotopic (exact) mass is 188 g/mol. The third-order valence-corrected chi connectivity index (χ3v) is 2.74. The van der Waals surface area contributed by atoms with Crippen molar-refractivity contribution in [2.75, 3.05) is 19.8 Å². The lowest BCUT2D eigenvalue weighted by Crippen LogP contribution is -2.25. The largest absolute Gasteiger partial charge is 0.394 e. The van der Waals surface area contributed by atoms with Crippen molar-refractivity contribution < 1.29 is 14.9 Å². The van der Waals surface area contributed by atoms with Gasteiger partial charge in [-0.25, -0.2) is 0 Å². The van der Waals surface area contributed by atoms with E-state index in [2.05, 4.69) is 0 Å². The van der Waals surface area contributed by atoms with Crippen LogP contribution < -0.4 is 0 Å². The molecule has 0 aliphatic heterocycles. The first-order valence-electron chi connectivity index (χ1n) is 5.21. The summed E-state index contributed by atoms with van der Waals surface area (Å²) >= 11 is 0. The molecule has 1 rings (SSSR count). The molecule has 1 fully saturated rings. The van der Waals surface area contributed by atoms with Gasteiger partial charge < -0.3 is 14.9 Å². The molecule has 2 atom stereocenters. The Labute approximate surface area is 79.7 Å². The SMILES string of the molecule is OCCOCCC1CCCCC1O. The van der Waals surface area contributed by atoms with Crippen molar-refractivity contribution >= 4 is 0 Å². The molecule has 0 aromatic carbocycles. The van der Waals surface area contributed by atoms with Crippen LogP contribution in [0.15, 0.2) is 0 Å². The van der Waals surface area contributed by atoms with E-state index in [9.17, 15) is 5.11 Å². The van der Waals surface area contributed by atoms with Gasteiger partial charge in [0.2, 0.25) is 0 Å². The zero-order valence-corrected chi connectivity index (χ0v) is 8.11. The molecule has 0 radical (unpaired) electrons. The fourth-order valence-corrected chi connectivity index (χ4v) is 1.93. The van der Waals surface area contributed by atoms with Gasteiger partial charge in [0.05, 0.1) is 19.3 Å². The predicted octanol–water partition coefficient (Wildman–Crippen LogP) is 0.936. The number of hydrogen-bond donors (Lipinski definition) is 2. The number of rotatable bonds is 5. The Morgan fingerprint density at radius 1 is 1.15 bits per heavy atom. The summed E-state index contributed by atoms with van der Waals surface area (Å²) in [5.41, 5.74) is 0. The van der Waals surface area contributed by atoms with E-state index in [0.717, 1.165) is 25.7 Å². The van der Waals surface area contributed by atoms with Crippen LogP contribution in [0.3, 0.4) is 0 Å². The third kappa shape index (κ3) is 4.07. The van der Waals surface area contributed by atoms with Crippen LogP contribution in [0.4, 0.5) is 0 Å². The van der Waals surface area contributed by atoms with E-state index >= 15 is 0 Å². The molecule has 1 aliphatic rings. The molecule has 13 heavy (non-hydrogen) atoms. The Bertz CT molecular complexity index is 127. The molecule has 0 spiro atoms. The van der Waals surface area contributed by atoms with Crippen LogP contribution in [0.25, 0.3) is 0 Å². The first-order valence-corrected chi connectivity index (χ1v) is 5.21. The summed E-state index contributed by atoms with van der Waals surface area (Å²) in [6.07, 6.45) is 5.29. The molecule has 0 aromatic heterocycles. The van der Waals surface area contributed by atoms with Crippen molar-refractivity contribution in [2.45, 2.75) is 38.2 Å². The maximum absolute atomic E-state index is 9.62. The molecule has 3 nitrogen and oxygen atoms in total. The molecular formula is C10H20O3. The molecule has 1 aliphatic carbocycles. The summed E-state index contributed by atoms with van der Waals surface area (Å²) < 4.78 is 5.17. The van der Waals surface area contributed by atoms with Gasteiger partial charge in [-0.15, -0.1) is 0 Å². The predicted molar refractivity (Wildman–Crippen MR) is 50.5 cm³/mol. The summed E-state index contributed by atoms with van der Waals surface area (Å²) in [6.45, 7) is 1.18. The molecule has 2 unspecified atom stereocenters. The normalized spacial score (nSPS) is 29.1. The van der Waals surface area contributed by atoms with E-state index in [-0.39, 0.29) is 12.7 Å². The van der Waals surface area contributed by atoms with Crippen molar-refractivity contribution in [1.29, 1.82) is 0 Å². The quantitative estimate of drug-likeness (QED) is 0.631. The minimum Gasteiger partial charge on any atom is -0.394 e. The highest BCUT2D eigenvalue weighted by Crippen LogP contribution is 2.26. The Morgan fingerprint density at radius 3 is 2.62 bits per heavy atom.